The monoisotopic (exact) mass is 1290 g/mol. The summed E-state index contributed by atoms with van der Waals surface area (Å²) < 4.78 is 60.0. The number of carbonyl (C=O) groups excluding carboxylic acids is 5. The third kappa shape index (κ3) is 23.3. The lowest BCUT2D eigenvalue weighted by Crippen LogP contribution is -2.69. The average Bonchev–Trinajstić information content (AvgIpc) is 1.05. The number of rotatable bonds is 37. The Morgan fingerprint density at radius 3 is 1.60 bits per heavy atom. The van der Waals surface area contributed by atoms with E-state index in [1.165, 1.54) is 32.4 Å². The van der Waals surface area contributed by atoms with Gasteiger partial charge in [-0.2, -0.15) is 0 Å². The zero-order chi connectivity index (χ0) is 66.8. The molecule has 3 saturated heterocycles. The minimum absolute atomic E-state index is 0.0554. The Hall–Kier alpha value is -4.91. The molecule has 4 rings (SSSR count). The summed E-state index contributed by atoms with van der Waals surface area (Å²) in [5.41, 5.74) is 0.0554. The maximum absolute atomic E-state index is 13.9. The Morgan fingerprint density at radius 1 is 0.567 bits per heavy atom. The van der Waals surface area contributed by atoms with Gasteiger partial charge in [-0.15, -0.1) is 11.8 Å². The molecule has 3 fully saturated rings. The highest BCUT2D eigenvalue weighted by molar-refractivity contribution is 5.94. The van der Waals surface area contributed by atoms with Crippen LogP contribution in [0.5, 0.6) is 5.75 Å². The number of hydrogen-bond acceptors (Lipinski definition) is 27. The van der Waals surface area contributed by atoms with Crippen molar-refractivity contribution in [1.82, 2.24) is 26.6 Å². The second-order valence-electron chi connectivity index (χ2n) is 22.1. The molecule has 1 aromatic rings. The van der Waals surface area contributed by atoms with E-state index in [0.717, 1.165) is 53.4 Å². The Bertz CT molecular complexity index is 2390. The number of aliphatic hydroxyl groups excluding tert-OH is 12. The van der Waals surface area contributed by atoms with Gasteiger partial charge in [0.2, 0.25) is 23.6 Å². The Balaban J connectivity index is 1.56. The van der Waals surface area contributed by atoms with Crippen molar-refractivity contribution in [2.45, 2.75) is 234 Å². The van der Waals surface area contributed by atoms with Crippen molar-refractivity contribution in [3.05, 3.63) is 29.8 Å². The maximum Gasteiger partial charge on any atom is 0.251 e. The van der Waals surface area contributed by atoms with Crippen LogP contribution in [0, 0.1) is 11.8 Å². The van der Waals surface area contributed by atoms with Crippen molar-refractivity contribution >= 4 is 29.5 Å². The van der Waals surface area contributed by atoms with Crippen molar-refractivity contribution in [3.8, 4) is 17.6 Å². The van der Waals surface area contributed by atoms with Gasteiger partial charge in [-0.25, -0.2) is 0 Å². The van der Waals surface area contributed by atoms with E-state index < -0.39 is 217 Å². The highest BCUT2D eigenvalue weighted by Gasteiger charge is 2.54. The third-order valence-corrected chi connectivity index (χ3v) is 14.9. The number of benzene rings is 1. The van der Waals surface area contributed by atoms with E-state index in [4.69, 9.17) is 47.4 Å². The van der Waals surface area contributed by atoms with Gasteiger partial charge >= 0.3 is 0 Å². The summed E-state index contributed by atoms with van der Waals surface area (Å²) in [5.74, 6) is 2.98. The molecule has 23 atom stereocenters. The van der Waals surface area contributed by atoms with Crippen LogP contribution in [-0.2, 0) is 61.8 Å². The van der Waals surface area contributed by atoms with Crippen LogP contribution < -0.4 is 31.3 Å². The summed E-state index contributed by atoms with van der Waals surface area (Å²) in [6.45, 7) is 3.21. The maximum atomic E-state index is 13.9. The van der Waals surface area contributed by atoms with Crippen LogP contribution in [0.2, 0.25) is 0 Å². The normalized spacial score (nSPS) is 29.5. The van der Waals surface area contributed by atoms with E-state index in [1.54, 1.807) is 12.1 Å². The molecular formula is C58H95N5O27. The van der Waals surface area contributed by atoms with Gasteiger partial charge in [-0.1, -0.05) is 32.3 Å². The molecule has 514 valence electrons. The first-order valence-electron chi connectivity index (χ1n) is 30.0. The number of ether oxygens (including phenoxy) is 10. The van der Waals surface area contributed by atoms with Gasteiger partial charge in [0.1, 0.15) is 103 Å². The summed E-state index contributed by atoms with van der Waals surface area (Å²) in [6, 6.07) is -1.65. The van der Waals surface area contributed by atoms with Gasteiger partial charge in [0.05, 0.1) is 65.1 Å². The number of unbranched alkanes of at least 4 members (excludes halogenated alkanes) is 5. The highest BCUT2D eigenvalue weighted by Crippen LogP contribution is 2.33. The van der Waals surface area contributed by atoms with Crippen LogP contribution in [0.4, 0.5) is 0 Å². The molecule has 12 unspecified atom stereocenters. The summed E-state index contributed by atoms with van der Waals surface area (Å²) in [7, 11) is 0. The molecule has 3 aliphatic heterocycles. The molecule has 0 spiro atoms. The molecule has 0 bridgehead atoms. The number of hydrogen-bond donors (Lipinski definition) is 17. The Kier molecular flexibility index (Phi) is 34.1. The number of carbonyl (C=O) groups is 5. The first-order valence-corrected chi connectivity index (χ1v) is 30.0. The van der Waals surface area contributed by atoms with Crippen LogP contribution in [0.1, 0.15) is 104 Å². The average molecular weight is 1290 g/mol. The van der Waals surface area contributed by atoms with E-state index in [0.29, 0.717) is 25.2 Å². The van der Waals surface area contributed by atoms with Crippen LogP contribution in [0.15, 0.2) is 24.3 Å². The Labute approximate surface area is 522 Å². The van der Waals surface area contributed by atoms with E-state index in [2.05, 4.69) is 45.3 Å². The molecule has 0 radical (unpaired) electrons. The minimum atomic E-state index is -1.93. The minimum Gasteiger partial charge on any atom is -0.494 e. The number of nitrogens with one attached hydrogen (secondary N) is 5. The molecule has 0 saturated carbocycles. The lowest BCUT2D eigenvalue weighted by Gasteiger charge is -2.48. The molecule has 3 heterocycles. The third-order valence-electron chi connectivity index (χ3n) is 14.9. The molecule has 17 N–H and O–H groups in total. The lowest BCUT2D eigenvalue weighted by molar-refractivity contribution is -0.344. The fourth-order valence-electron chi connectivity index (χ4n) is 10.1. The van der Waals surface area contributed by atoms with Gasteiger partial charge in [0.15, 0.2) is 31.5 Å². The summed E-state index contributed by atoms with van der Waals surface area (Å²) in [5, 5.41) is 142. The van der Waals surface area contributed by atoms with E-state index in [9.17, 15) is 85.3 Å². The Morgan fingerprint density at radius 2 is 1.08 bits per heavy atom. The molecule has 0 aromatic heterocycles. The smallest absolute Gasteiger partial charge is 0.251 e. The van der Waals surface area contributed by atoms with Crippen molar-refractivity contribution in [2.75, 3.05) is 52.9 Å². The quantitative estimate of drug-likeness (QED) is 0.0168. The van der Waals surface area contributed by atoms with E-state index in [-0.39, 0.29) is 5.56 Å². The fourth-order valence-corrected chi connectivity index (χ4v) is 10.1. The highest BCUT2D eigenvalue weighted by atomic mass is 16.8. The fraction of sp³-hybridized carbons (Fsp3) is 0.776. The van der Waals surface area contributed by atoms with Gasteiger partial charge in [-0.05, 0) is 44.9 Å². The van der Waals surface area contributed by atoms with E-state index >= 15 is 0 Å². The predicted octanol–water partition coefficient (Wildman–Crippen LogP) is -5.50. The van der Waals surface area contributed by atoms with Gasteiger partial charge in [0.25, 0.3) is 5.91 Å². The van der Waals surface area contributed by atoms with Crippen molar-refractivity contribution < 1.29 is 133 Å². The van der Waals surface area contributed by atoms with Crippen molar-refractivity contribution in [1.29, 1.82) is 0 Å². The molecule has 0 aliphatic carbocycles. The topological polar surface area (TPSA) is 481 Å². The first kappa shape index (κ1) is 77.5. The molecule has 32 heteroatoms. The van der Waals surface area contributed by atoms with Crippen molar-refractivity contribution in [2.24, 2.45) is 0 Å². The molecule has 32 nitrogen and oxygen atoms in total. The zero-order valence-corrected chi connectivity index (χ0v) is 51.7. The molecule has 5 amide bonds. The second kappa shape index (κ2) is 39.6. The SMILES string of the molecule is CCCCCCC#CCCCOc1cccc(C(=O)N[C@@H]2C(O[C@H]3C(O)C(NC(C)=O)[C@H](OC(C)C(CO)O[C@@H](O[C@H]4C(O)C(NC(C)=O)C(OC(C)C(CO)OC(O)[C@H](CO)NC(C)=O)O[C@H]4CO)[C@H](CO)NC(C)=O)O[C@H]3CO)OC(CO)[C@@H](O)[C@@H]2O)c1. The largest absolute Gasteiger partial charge is 0.494 e. The van der Waals surface area contributed by atoms with Crippen LogP contribution in [0.3, 0.4) is 0 Å². The first-order chi connectivity index (χ1) is 42.9. The van der Waals surface area contributed by atoms with Gasteiger partial charge < -0.3 is 135 Å². The molecule has 3 aliphatic rings. The van der Waals surface area contributed by atoms with Crippen molar-refractivity contribution in [3.63, 3.8) is 0 Å². The lowest BCUT2D eigenvalue weighted by atomic mass is 9.94. The molecule has 1 aromatic carbocycles. The summed E-state index contributed by atoms with van der Waals surface area (Å²) in [6.07, 6.45) is -24.0. The van der Waals surface area contributed by atoms with Crippen LogP contribution in [0.25, 0.3) is 0 Å². The standard InChI is InChI=1S/C58H95N5O27/c1-8-9-10-11-12-13-14-15-16-20-81-36-19-17-18-35(21-36)53(79)63-44-48(76)47(75)41(26-68)86-58(44)90-52-43(28-70)88-57(46(50(52)78)62-34(7)74)83-30(3)40(25-67)85-55(38(23-65)60-32(5)72)89-51-42(27-69)87-56(45(49(51)77)61-33(6)73)82-29(2)39(24-66)84-54(80)37(22-64)59-31(4)71/h17-19,21,29-30,37-52,54-58,64-70,75-78,80H,8-12,15-16,20,22-28H2,1-7H3,(H,59,71)(H,60,72)(H,61,73)(H,62,74)(H,63,79)/t29?,30?,37-,38-,39?,40?,41?,42-,43-,44-,45?,46?,47+,48+,49?,50?,51+,52+,54?,55-,56?,57+,58?/m0/s1. The van der Waals surface area contributed by atoms with Crippen LogP contribution in [-0.4, -0.2) is 285 Å². The number of aliphatic hydroxyl groups is 12. The second-order valence-corrected chi connectivity index (χ2v) is 22.1. The summed E-state index contributed by atoms with van der Waals surface area (Å²) in [4.78, 5) is 63.4. The molecular weight excluding hydrogens is 1200 g/mol. The zero-order valence-electron chi connectivity index (χ0n) is 51.7. The van der Waals surface area contributed by atoms with Crippen LogP contribution >= 0.6 is 0 Å². The molecule has 90 heavy (non-hydrogen) atoms. The predicted molar refractivity (Wildman–Crippen MR) is 309 cm³/mol. The van der Waals surface area contributed by atoms with E-state index in [1.807, 2.05) is 0 Å². The van der Waals surface area contributed by atoms with Gasteiger partial charge in [0, 0.05) is 46.1 Å². The van der Waals surface area contributed by atoms with Gasteiger partial charge in [-0.3, -0.25) is 24.0 Å². The summed E-state index contributed by atoms with van der Waals surface area (Å²) >= 11 is 0. The number of amides is 5.